The topological polar surface area (TPSA) is 32.3 Å². The molecule has 4 fully saturated rings. The van der Waals surface area contributed by atoms with Crippen molar-refractivity contribution in [3.05, 3.63) is 0 Å². The predicted octanol–water partition coefficient (Wildman–Crippen LogP) is 5.88. The fourth-order valence-electron chi connectivity index (χ4n) is 7.00. The van der Waals surface area contributed by atoms with Crippen molar-refractivity contribution >= 4 is 6.03 Å². The van der Waals surface area contributed by atoms with E-state index in [1.54, 1.807) is 0 Å². The summed E-state index contributed by atoms with van der Waals surface area (Å²) in [5, 5.41) is 3.48. The molecule has 0 aromatic heterocycles. The van der Waals surface area contributed by atoms with Gasteiger partial charge in [0.25, 0.3) is 0 Å². The van der Waals surface area contributed by atoms with Gasteiger partial charge in [-0.25, -0.2) is 4.79 Å². The summed E-state index contributed by atoms with van der Waals surface area (Å²) in [6, 6.07) is 1.62. The van der Waals surface area contributed by atoms with Crippen LogP contribution < -0.4 is 5.32 Å². The molecule has 0 saturated heterocycles. The smallest absolute Gasteiger partial charge is 0.318 e. The average Bonchev–Trinajstić information content (AvgIpc) is 2.97. The van der Waals surface area contributed by atoms with Crippen LogP contribution in [-0.2, 0) is 0 Å². The molecule has 4 aliphatic rings. The van der Waals surface area contributed by atoms with Crippen LogP contribution in [-0.4, -0.2) is 29.1 Å². The Bertz CT molecular complexity index is 518. The van der Waals surface area contributed by atoms with Crippen molar-refractivity contribution < 1.29 is 4.79 Å². The van der Waals surface area contributed by atoms with E-state index < -0.39 is 0 Å². The fourth-order valence-corrected chi connectivity index (χ4v) is 7.00. The summed E-state index contributed by atoms with van der Waals surface area (Å²) in [5.41, 5.74) is 0.661. The first-order chi connectivity index (χ1) is 12.4. The van der Waals surface area contributed by atoms with E-state index in [1.807, 2.05) is 0 Å². The molecule has 3 heteroatoms. The average molecular weight is 361 g/mol. The predicted molar refractivity (Wildman–Crippen MR) is 107 cm³/mol. The minimum Gasteiger partial charge on any atom is -0.335 e. The van der Waals surface area contributed by atoms with Gasteiger partial charge < -0.3 is 10.2 Å². The van der Waals surface area contributed by atoms with Crippen LogP contribution in [0.25, 0.3) is 0 Å². The van der Waals surface area contributed by atoms with Crippen LogP contribution >= 0.6 is 0 Å². The summed E-state index contributed by atoms with van der Waals surface area (Å²) in [5.74, 6) is 0.797. The summed E-state index contributed by atoms with van der Waals surface area (Å²) < 4.78 is 0. The fraction of sp³-hybridized carbons (Fsp3) is 0.957. The van der Waals surface area contributed by atoms with Gasteiger partial charge in [0.1, 0.15) is 0 Å². The molecule has 3 atom stereocenters. The second-order valence-corrected chi connectivity index (χ2v) is 10.6. The maximum Gasteiger partial charge on any atom is 0.318 e. The van der Waals surface area contributed by atoms with Crippen LogP contribution in [0.5, 0.6) is 0 Å². The molecule has 26 heavy (non-hydrogen) atoms. The van der Waals surface area contributed by atoms with E-state index in [9.17, 15) is 4.79 Å². The monoisotopic (exact) mass is 360 g/mol. The second-order valence-electron chi connectivity index (χ2n) is 10.6. The van der Waals surface area contributed by atoms with Crippen LogP contribution in [0.2, 0.25) is 0 Å². The van der Waals surface area contributed by atoms with Gasteiger partial charge in [-0.15, -0.1) is 0 Å². The molecular weight excluding hydrogens is 320 g/mol. The third-order valence-corrected chi connectivity index (χ3v) is 9.22. The van der Waals surface area contributed by atoms with Gasteiger partial charge in [0.15, 0.2) is 0 Å². The van der Waals surface area contributed by atoms with E-state index in [4.69, 9.17) is 0 Å². The molecule has 4 aliphatic carbocycles. The van der Waals surface area contributed by atoms with Crippen LogP contribution in [0.4, 0.5) is 4.79 Å². The number of urea groups is 1. The van der Waals surface area contributed by atoms with Gasteiger partial charge in [0.05, 0.1) is 0 Å². The normalized spacial score (nSPS) is 37.7. The molecule has 2 amide bonds. The van der Waals surface area contributed by atoms with Gasteiger partial charge in [0, 0.05) is 18.1 Å². The van der Waals surface area contributed by atoms with E-state index in [0.29, 0.717) is 29.0 Å². The van der Waals surface area contributed by atoms with Gasteiger partial charge in [-0.1, -0.05) is 59.3 Å². The summed E-state index contributed by atoms with van der Waals surface area (Å²) in [6.07, 6.45) is 16.6. The molecule has 4 saturated carbocycles. The third-order valence-electron chi connectivity index (χ3n) is 9.22. The first-order valence-electron chi connectivity index (χ1n) is 11.5. The zero-order chi connectivity index (χ0) is 18.4. The molecule has 0 radical (unpaired) electrons. The van der Waals surface area contributed by atoms with Crippen molar-refractivity contribution in [3.63, 3.8) is 0 Å². The van der Waals surface area contributed by atoms with Gasteiger partial charge in [0.2, 0.25) is 0 Å². The molecule has 1 N–H and O–H groups in total. The molecular formula is C23H40N2O. The number of amides is 2. The number of fused-ring (bicyclic) bond motifs is 2. The molecule has 2 bridgehead atoms. The third kappa shape index (κ3) is 2.98. The highest BCUT2D eigenvalue weighted by Crippen LogP contribution is 2.67. The largest absolute Gasteiger partial charge is 0.335 e. The highest BCUT2D eigenvalue weighted by Gasteiger charge is 2.63. The summed E-state index contributed by atoms with van der Waals surface area (Å²) in [7, 11) is 0. The zero-order valence-corrected chi connectivity index (χ0v) is 17.4. The Morgan fingerprint density at radius 3 is 2.04 bits per heavy atom. The Morgan fingerprint density at radius 1 is 0.885 bits per heavy atom. The van der Waals surface area contributed by atoms with Gasteiger partial charge in [-0.2, -0.15) is 0 Å². The van der Waals surface area contributed by atoms with Crippen LogP contribution in [0.15, 0.2) is 0 Å². The highest BCUT2D eigenvalue weighted by molar-refractivity contribution is 5.75. The maximum atomic E-state index is 13.5. The molecule has 3 unspecified atom stereocenters. The van der Waals surface area contributed by atoms with Crippen molar-refractivity contribution in [1.29, 1.82) is 0 Å². The summed E-state index contributed by atoms with van der Waals surface area (Å²) in [6.45, 7) is 7.44. The molecule has 4 rings (SSSR count). The number of carbonyl (C=O) groups excluding carboxylic acids is 1. The van der Waals surface area contributed by atoms with Crippen molar-refractivity contribution in [3.8, 4) is 0 Å². The Kier molecular flexibility index (Phi) is 5.03. The van der Waals surface area contributed by atoms with Crippen LogP contribution in [0.1, 0.15) is 104 Å². The molecule has 0 aromatic rings. The minimum atomic E-state index is 0.276. The van der Waals surface area contributed by atoms with Crippen LogP contribution in [0.3, 0.4) is 0 Å². The Morgan fingerprint density at radius 2 is 1.50 bits per heavy atom. The zero-order valence-electron chi connectivity index (χ0n) is 17.4. The lowest BCUT2D eigenvalue weighted by atomic mass is 9.68. The molecule has 0 spiro atoms. The quantitative estimate of drug-likeness (QED) is 0.670. The van der Waals surface area contributed by atoms with Gasteiger partial charge >= 0.3 is 6.03 Å². The van der Waals surface area contributed by atoms with E-state index in [1.165, 1.54) is 83.5 Å². The molecule has 148 valence electrons. The number of nitrogens with one attached hydrogen (secondary N) is 1. The lowest BCUT2D eigenvalue weighted by Gasteiger charge is -2.48. The SMILES string of the molecule is CC1(C)C2CCC1(C)C(N(C(=O)NC1CCCCC1)C1CCCCC1)C2. The van der Waals surface area contributed by atoms with Crippen molar-refractivity contribution in [2.75, 3.05) is 0 Å². The van der Waals surface area contributed by atoms with Gasteiger partial charge in [-0.3, -0.25) is 0 Å². The number of rotatable bonds is 3. The highest BCUT2D eigenvalue weighted by atomic mass is 16.2. The number of carbonyl (C=O) groups is 1. The van der Waals surface area contributed by atoms with Crippen molar-refractivity contribution in [1.82, 2.24) is 10.2 Å². The van der Waals surface area contributed by atoms with Crippen molar-refractivity contribution in [2.24, 2.45) is 16.7 Å². The molecule has 0 aliphatic heterocycles. The lowest BCUT2D eigenvalue weighted by Crippen LogP contribution is -2.58. The Hall–Kier alpha value is -0.730. The lowest BCUT2D eigenvalue weighted by molar-refractivity contribution is 0.0303. The number of nitrogens with zero attached hydrogens (tertiary/aromatic N) is 1. The first-order valence-corrected chi connectivity index (χ1v) is 11.5. The van der Waals surface area contributed by atoms with E-state index in [0.717, 1.165) is 5.92 Å². The number of hydrogen-bond donors (Lipinski definition) is 1. The standard InChI is InChI=1S/C23H40N2O/c1-22(2)17-14-15-23(22,3)20(16-17)25(19-12-8-5-9-13-19)21(26)24-18-10-6-4-7-11-18/h17-20H,4-16H2,1-3H3,(H,24,26). The molecule has 3 nitrogen and oxygen atoms in total. The Balaban J connectivity index is 1.56. The maximum absolute atomic E-state index is 13.5. The van der Waals surface area contributed by atoms with E-state index >= 15 is 0 Å². The first kappa shape index (κ1) is 18.6. The van der Waals surface area contributed by atoms with E-state index in [-0.39, 0.29) is 6.03 Å². The van der Waals surface area contributed by atoms with Gasteiger partial charge in [-0.05, 0) is 61.7 Å². The molecule has 0 heterocycles. The Labute approximate surface area is 160 Å². The van der Waals surface area contributed by atoms with E-state index in [2.05, 4.69) is 31.0 Å². The molecule has 0 aromatic carbocycles. The summed E-state index contributed by atoms with van der Waals surface area (Å²) in [4.78, 5) is 15.9. The summed E-state index contributed by atoms with van der Waals surface area (Å²) >= 11 is 0. The van der Waals surface area contributed by atoms with Crippen molar-refractivity contribution in [2.45, 2.75) is 122 Å². The number of hydrogen-bond acceptors (Lipinski definition) is 1. The second kappa shape index (κ2) is 7.02. The van der Waals surface area contributed by atoms with Crippen LogP contribution in [0, 0.1) is 16.7 Å². The minimum absolute atomic E-state index is 0.276.